The molecule has 1 aromatic rings. The number of nitrogens with one attached hydrogen (secondary N) is 1. The molecule has 2 aliphatic carbocycles. The highest BCUT2D eigenvalue weighted by molar-refractivity contribution is 7.12. The molecule has 0 spiro atoms. The third kappa shape index (κ3) is 3.21. The van der Waals surface area contributed by atoms with Crippen molar-refractivity contribution >= 4 is 11.3 Å². The Morgan fingerprint density at radius 1 is 1.16 bits per heavy atom. The second kappa shape index (κ2) is 6.38. The van der Waals surface area contributed by atoms with Gasteiger partial charge in [-0.25, -0.2) is 0 Å². The summed E-state index contributed by atoms with van der Waals surface area (Å²) in [5.41, 5.74) is 4.70. The number of thiophene rings is 1. The van der Waals surface area contributed by atoms with Crippen LogP contribution in [0.15, 0.2) is 6.07 Å². The van der Waals surface area contributed by atoms with E-state index in [1.54, 1.807) is 10.4 Å². The lowest BCUT2D eigenvalue weighted by molar-refractivity contribution is 0.404. The molecule has 106 valence electrons. The molecule has 0 radical (unpaired) electrons. The molecule has 1 heterocycles. The molecular weight excluding hydrogens is 252 g/mol. The van der Waals surface area contributed by atoms with E-state index in [-0.39, 0.29) is 0 Å². The first-order valence-corrected chi connectivity index (χ1v) is 8.76. The fourth-order valence-corrected chi connectivity index (χ4v) is 5.04. The number of aryl methyl sites for hydroxylation is 2. The van der Waals surface area contributed by atoms with Crippen LogP contribution in [0, 0.1) is 5.92 Å². The predicted molar refractivity (Wildman–Crippen MR) is 82.2 cm³/mol. The second-order valence-electron chi connectivity index (χ2n) is 6.26. The van der Waals surface area contributed by atoms with Gasteiger partial charge < -0.3 is 0 Å². The molecule has 2 aliphatic rings. The fourth-order valence-electron chi connectivity index (χ4n) is 3.71. The summed E-state index contributed by atoms with van der Waals surface area (Å²) in [5, 5.41) is 0. The van der Waals surface area contributed by atoms with Crippen LogP contribution in [0.5, 0.6) is 0 Å². The summed E-state index contributed by atoms with van der Waals surface area (Å²) in [6.07, 6.45) is 13.6. The molecule has 0 amide bonds. The Bertz CT molecular complexity index is 383. The van der Waals surface area contributed by atoms with Crippen LogP contribution in [0.3, 0.4) is 0 Å². The van der Waals surface area contributed by atoms with Gasteiger partial charge in [-0.15, -0.1) is 11.3 Å². The molecule has 0 aromatic carbocycles. The molecule has 3 heteroatoms. The van der Waals surface area contributed by atoms with Crippen LogP contribution in [0.2, 0.25) is 0 Å². The lowest BCUT2D eigenvalue weighted by atomic mass is 9.97. The first kappa shape index (κ1) is 13.6. The van der Waals surface area contributed by atoms with Gasteiger partial charge in [0.1, 0.15) is 0 Å². The minimum Gasteiger partial charge on any atom is -0.271 e. The van der Waals surface area contributed by atoms with Gasteiger partial charge in [0.05, 0.1) is 6.04 Å². The summed E-state index contributed by atoms with van der Waals surface area (Å²) in [5.74, 6) is 6.72. The molecule has 1 atom stereocenters. The maximum Gasteiger partial charge on any atom is 0.0556 e. The first-order chi connectivity index (χ1) is 9.36. The number of hydrogen-bond acceptors (Lipinski definition) is 3. The molecule has 1 fully saturated rings. The molecule has 1 unspecified atom stereocenters. The molecule has 0 bridgehead atoms. The maximum absolute atomic E-state index is 5.83. The number of hydrogen-bond donors (Lipinski definition) is 2. The smallest absolute Gasteiger partial charge is 0.0556 e. The van der Waals surface area contributed by atoms with Crippen LogP contribution in [0.1, 0.15) is 72.7 Å². The zero-order valence-electron chi connectivity index (χ0n) is 11.8. The van der Waals surface area contributed by atoms with Gasteiger partial charge in [0, 0.05) is 9.75 Å². The van der Waals surface area contributed by atoms with E-state index >= 15 is 0 Å². The fraction of sp³-hybridized carbons (Fsp3) is 0.750. The van der Waals surface area contributed by atoms with Crippen molar-refractivity contribution in [3.8, 4) is 0 Å². The highest BCUT2D eigenvalue weighted by Crippen LogP contribution is 2.37. The van der Waals surface area contributed by atoms with Crippen molar-refractivity contribution in [1.82, 2.24) is 5.43 Å². The minimum atomic E-state index is 0.389. The van der Waals surface area contributed by atoms with E-state index in [4.69, 9.17) is 5.84 Å². The van der Waals surface area contributed by atoms with Gasteiger partial charge in [0.25, 0.3) is 0 Å². The van der Waals surface area contributed by atoms with Crippen LogP contribution in [-0.4, -0.2) is 0 Å². The Morgan fingerprint density at radius 3 is 2.74 bits per heavy atom. The molecule has 19 heavy (non-hydrogen) atoms. The van der Waals surface area contributed by atoms with Gasteiger partial charge >= 0.3 is 0 Å². The van der Waals surface area contributed by atoms with Crippen molar-refractivity contribution in [2.75, 3.05) is 0 Å². The van der Waals surface area contributed by atoms with E-state index in [0.29, 0.717) is 6.04 Å². The van der Waals surface area contributed by atoms with E-state index in [2.05, 4.69) is 11.5 Å². The summed E-state index contributed by atoms with van der Waals surface area (Å²) in [6, 6.07) is 2.84. The first-order valence-electron chi connectivity index (χ1n) is 7.94. The zero-order valence-corrected chi connectivity index (χ0v) is 12.6. The third-order valence-electron chi connectivity index (χ3n) is 4.85. The molecule has 0 saturated heterocycles. The topological polar surface area (TPSA) is 38.0 Å². The SMILES string of the molecule is NNC(CC1CCCC1)c1cc2c(s1)CCCCC2. The van der Waals surface area contributed by atoms with Gasteiger partial charge in [0.15, 0.2) is 0 Å². The Hall–Kier alpha value is -0.380. The highest BCUT2D eigenvalue weighted by atomic mass is 32.1. The van der Waals surface area contributed by atoms with Crippen molar-refractivity contribution in [2.45, 2.75) is 70.3 Å². The van der Waals surface area contributed by atoms with Crippen LogP contribution in [0.4, 0.5) is 0 Å². The Morgan fingerprint density at radius 2 is 1.95 bits per heavy atom. The van der Waals surface area contributed by atoms with Gasteiger partial charge in [-0.05, 0) is 49.7 Å². The average molecular weight is 278 g/mol. The van der Waals surface area contributed by atoms with Crippen LogP contribution >= 0.6 is 11.3 Å². The molecule has 3 rings (SSSR count). The normalized spacial score (nSPS) is 22.2. The molecule has 0 aliphatic heterocycles. The molecule has 2 nitrogen and oxygen atoms in total. The maximum atomic E-state index is 5.83. The summed E-state index contributed by atoms with van der Waals surface area (Å²) >= 11 is 2.02. The monoisotopic (exact) mass is 278 g/mol. The van der Waals surface area contributed by atoms with Gasteiger partial charge in [-0.3, -0.25) is 11.3 Å². The van der Waals surface area contributed by atoms with Crippen molar-refractivity contribution in [2.24, 2.45) is 11.8 Å². The van der Waals surface area contributed by atoms with E-state index in [9.17, 15) is 0 Å². The number of nitrogens with two attached hydrogens (primary N) is 1. The van der Waals surface area contributed by atoms with Crippen molar-refractivity contribution in [3.05, 3.63) is 21.4 Å². The Kier molecular flexibility index (Phi) is 4.57. The summed E-state index contributed by atoms with van der Waals surface area (Å²) < 4.78 is 0. The lowest BCUT2D eigenvalue weighted by Gasteiger charge is -2.18. The van der Waals surface area contributed by atoms with E-state index in [1.807, 2.05) is 11.3 Å². The van der Waals surface area contributed by atoms with E-state index < -0.39 is 0 Å². The van der Waals surface area contributed by atoms with Gasteiger partial charge in [0.2, 0.25) is 0 Å². The zero-order chi connectivity index (χ0) is 13.1. The molecule has 1 saturated carbocycles. The standard InChI is InChI=1S/C16H26N2S/c17-18-14(10-12-6-4-5-7-12)16-11-13-8-2-1-3-9-15(13)19-16/h11-12,14,18H,1-10,17H2. The number of rotatable bonds is 4. The van der Waals surface area contributed by atoms with Crippen molar-refractivity contribution in [3.63, 3.8) is 0 Å². The third-order valence-corrected chi connectivity index (χ3v) is 6.20. The van der Waals surface area contributed by atoms with Gasteiger partial charge in [-0.1, -0.05) is 32.1 Å². The Balaban J connectivity index is 1.71. The summed E-state index contributed by atoms with van der Waals surface area (Å²) in [7, 11) is 0. The number of hydrazine groups is 1. The molecule has 3 N–H and O–H groups in total. The lowest BCUT2D eigenvalue weighted by Crippen LogP contribution is -2.28. The van der Waals surface area contributed by atoms with Crippen molar-refractivity contribution < 1.29 is 0 Å². The average Bonchev–Trinajstić information content (AvgIpc) is 3.02. The predicted octanol–water partition coefficient (Wildman–Crippen LogP) is 4.10. The molecular formula is C16H26N2S. The summed E-state index contributed by atoms with van der Waals surface area (Å²) in [4.78, 5) is 3.13. The largest absolute Gasteiger partial charge is 0.271 e. The Labute approximate surface area is 120 Å². The van der Waals surface area contributed by atoms with Crippen LogP contribution < -0.4 is 11.3 Å². The summed E-state index contributed by atoms with van der Waals surface area (Å²) in [6.45, 7) is 0. The van der Waals surface area contributed by atoms with E-state index in [0.717, 1.165) is 5.92 Å². The van der Waals surface area contributed by atoms with Crippen molar-refractivity contribution in [1.29, 1.82) is 0 Å². The second-order valence-corrected chi connectivity index (χ2v) is 7.43. The quantitative estimate of drug-likeness (QED) is 0.494. The number of fused-ring (bicyclic) bond motifs is 1. The highest BCUT2D eigenvalue weighted by Gasteiger charge is 2.23. The van der Waals surface area contributed by atoms with E-state index in [1.165, 1.54) is 69.1 Å². The van der Waals surface area contributed by atoms with Gasteiger partial charge in [-0.2, -0.15) is 0 Å². The van der Waals surface area contributed by atoms with Crippen LogP contribution in [0.25, 0.3) is 0 Å². The molecule has 1 aromatic heterocycles. The minimum absolute atomic E-state index is 0.389. The van der Waals surface area contributed by atoms with Crippen LogP contribution in [-0.2, 0) is 12.8 Å².